The molecule has 0 aromatic heterocycles. The van der Waals surface area contributed by atoms with Gasteiger partial charge in [-0.2, -0.15) is 0 Å². The molecule has 3 aliphatic carbocycles. The number of carbonyl (C=O) groups is 1. The first-order valence-electron chi connectivity index (χ1n) is 11.0. The second kappa shape index (κ2) is 10.5. The van der Waals surface area contributed by atoms with Crippen LogP contribution in [0, 0.1) is 23.7 Å². The van der Waals surface area contributed by atoms with E-state index in [0.29, 0.717) is 19.6 Å². The number of fused-ring (bicyclic) bond motifs is 5. The minimum atomic E-state index is -0.794. The lowest BCUT2D eigenvalue weighted by atomic mass is 9.79. The third-order valence-electron chi connectivity index (χ3n) is 6.87. The molecule has 4 N–H and O–H groups in total. The van der Waals surface area contributed by atoms with Gasteiger partial charge in [-0.25, -0.2) is 0 Å². The Balaban J connectivity index is 1.31. The molecular weight excluding hydrogens is 624 g/mol. The Labute approximate surface area is 218 Å². The molecule has 0 saturated heterocycles. The molecule has 0 aliphatic heterocycles. The van der Waals surface area contributed by atoms with E-state index < -0.39 is 35.9 Å². The maximum Gasteiger partial charge on any atom is 0.172 e. The van der Waals surface area contributed by atoms with Crippen molar-refractivity contribution in [3.8, 4) is 5.75 Å². The number of nitrogens with zero attached hydrogens (tertiary/aromatic N) is 1. The summed E-state index contributed by atoms with van der Waals surface area (Å²) in [6.07, 6.45) is 1.40. The number of carbonyl (C=O) groups excluding carboxylic acids is 1. The number of Topliss-reactive ketones (excluding diaryl/α,β-unsaturated/α-hetero) is 1. The molecule has 0 amide bonds. The number of hydrogen-bond donors (Lipinski definition) is 4. The van der Waals surface area contributed by atoms with Crippen LogP contribution >= 0.6 is 47.8 Å². The van der Waals surface area contributed by atoms with Crippen LogP contribution in [0.4, 0.5) is 0 Å². The summed E-state index contributed by atoms with van der Waals surface area (Å²) in [5.74, 6) is -1.49. The van der Waals surface area contributed by atoms with Crippen molar-refractivity contribution in [2.75, 3.05) is 26.7 Å². The Hall–Kier alpha value is -0.780. The van der Waals surface area contributed by atoms with E-state index in [2.05, 4.69) is 58.1 Å². The number of alkyl halides is 1. The van der Waals surface area contributed by atoms with E-state index in [1.165, 1.54) is 11.8 Å². The molecule has 180 valence electrons. The van der Waals surface area contributed by atoms with E-state index in [1.54, 1.807) is 0 Å². The minimum Gasteiger partial charge on any atom is -0.511 e. The van der Waals surface area contributed by atoms with Crippen LogP contribution in [0.2, 0.25) is 0 Å². The molecule has 3 aliphatic rings. The molecular formula is C23H27Br3N2O5. The average Bonchev–Trinajstić information content (AvgIpc) is 3.28. The summed E-state index contributed by atoms with van der Waals surface area (Å²) in [6, 6.07) is 4.10. The quantitative estimate of drug-likeness (QED) is 0.186. The Morgan fingerprint density at radius 2 is 1.85 bits per heavy atom. The van der Waals surface area contributed by atoms with Gasteiger partial charge < -0.3 is 25.4 Å². The number of aliphatic hydroxyl groups excluding tert-OH is 3. The van der Waals surface area contributed by atoms with Crippen LogP contribution in [-0.4, -0.2) is 71.1 Å². The Morgan fingerprint density at radius 3 is 2.52 bits per heavy atom. The van der Waals surface area contributed by atoms with E-state index in [4.69, 9.17) is 4.74 Å². The number of rotatable bonds is 9. The monoisotopic (exact) mass is 648 g/mol. The maximum absolute atomic E-state index is 12.9. The largest absolute Gasteiger partial charge is 0.511 e. The fourth-order valence-corrected chi connectivity index (χ4v) is 7.86. The van der Waals surface area contributed by atoms with Crippen molar-refractivity contribution in [1.82, 2.24) is 5.32 Å². The molecule has 1 unspecified atom stereocenters. The number of likely N-dealkylation sites (N-methyl/N-ethyl adjacent to an activating group) is 1. The molecule has 33 heavy (non-hydrogen) atoms. The van der Waals surface area contributed by atoms with Crippen molar-refractivity contribution in [3.63, 3.8) is 0 Å². The highest BCUT2D eigenvalue weighted by Gasteiger charge is 2.68. The van der Waals surface area contributed by atoms with Gasteiger partial charge in [0.25, 0.3) is 0 Å². The number of nitrogens with one attached hydrogen (secondary N) is 1. The number of ketones is 1. The third-order valence-corrected chi connectivity index (χ3v) is 9.20. The van der Waals surface area contributed by atoms with Crippen LogP contribution in [0.3, 0.4) is 0 Å². The first-order chi connectivity index (χ1) is 15.8. The molecule has 2 saturated carbocycles. The van der Waals surface area contributed by atoms with Crippen LogP contribution < -0.4 is 10.1 Å². The Kier molecular flexibility index (Phi) is 8.02. The zero-order valence-electron chi connectivity index (χ0n) is 18.0. The number of halogens is 3. The average molecular weight is 651 g/mol. The summed E-state index contributed by atoms with van der Waals surface area (Å²) in [5.41, 5.74) is 1.39. The fraction of sp³-hybridized carbons (Fsp3) is 0.565. The summed E-state index contributed by atoms with van der Waals surface area (Å²) in [7, 11) is 1.92. The van der Waals surface area contributed by atoms with Gasteiger partial charge in [-0.05, 0) is 69.6 Å². The first kappa shape index (κ1) is 25.3. The Morgan fingerprint density at radius 1 is 1.15 bits per heavy atom. The van der Waals surface area contributed by atoms with Crippen molar-refractivity contribution in [1.29, 1.82) is 0 Å². The van der Waals surface area contributed by atoms with Crippen LogP contribution in [0.15, 0.2) is 37.4 Å². The van der Waals surface area contributed by atoms with Crippen LogP contribution in [0.5, 0.6) is 5.75 Å². The topological polar surface area (TPSA) is 111 Å². The fourth-order valence-electron chi connectivity index (χ4n) is 5.36. The predicted molar refractivity (Wildman–Crippen MR) is 136 cm³/mol. The van der Waals surface area contributed by atoms with Gasteiger partial charge in [0.15, 0.2) is 5.78 Å². The van der Waals surface area contributed by atoms with Gasteiger partial charge in [-0.3, -0.25) is 9.79 Å². The van der Waals surface area contributed by atoms with Crippen LogP contribution in [-0.2, 0) is 11.2 Å². The molecule has 2 bridgehead atoms. The lowest BCUT2D eigenvalue weighted by molar-refractivity contribution is -0.120. The second-order valence-electron chi connectivity index (χ2n) is 8.77. The summed E-state index contributed by atoms with van der Waals surface area (Å²) in [4.78, 5) is 16.9. The van der Waals surface area contributed by atoms with Crippen molar-refractivity contribution in [2.24, 2.45) is 28.7 Å². The zero-order chi connectivity index (χ0) is 23.9. The van der Waals surface area contributed by atoms with Crippen molar-refractivity contribution in [2.45, 2.75) is 29.9 Å². The smallest absolute Gasteiger partial charge is 0.172 e. The summed E-state index contributed by atoms with van der Waals surface area (Å²) in [6.45, 7) is 1.78. The SMILES string of the molecule is CNCCc1cc(Br)c(OCCCN=CC2=C(O)[C@@H]3[C@H](C2=O)[C@H]2C(O)[C@@H]3[C@@H](O)[C@H]2Br)c(Br)c1. The van der Waals surface area contributed by atoms with Crippen LogP contribution in [0.1, 0.15) is 12.0 Å². The van der Waals surface area contributed by atoms with Gasteiger partial charge in [-0.15, -0.1) is 0 Å². The van der Waals surface area contributed by atoms with Gasteiger partial charge >= 0.3 is 0 Å². The molecule has 4 rings (SSSR count). The zero-order valence-corrected chi connectivity index (χ0v) is 22.8. The number of aliphatic hydroxyl groups is 3. The van der Waals surface area contributed by atoms with Gasteiger partial charge in [0.2, 0.25) is 0 Å². The lowest BCUT2D eigenvalue weighted by Crippen LogP contribution is -2.40. The highest BCUT2D eigenvalue weighted by atomic mass is 79.9. The highest BCUT2D eigenvalue weighted by Crippen LogP contribution is 2.60. The Bertz CT molecular complexity index is 962. The molecule has 0 spiro atoms. The molecule has 0 radical (unpaired) electrons. The number of benzene rings is 1. The van der Waals surface area contributed by atoms with E-state index >= 15 is 0 Å². The molecule has 0 heterocycles. The lowest BCUT2D eigenvalue weighted by Gasteiger charge is -2.30. The molecule has 2 fully saturated rings. The van der Waals surface area contributed by atoms with Crippen molar-refractivity contribution >= 4 is 59.8 Å². The van der Waals surface area contributed by atoms with Gasteiger partial charge in [-0.1, -0.05) is 15.9 Å². The van der Waals surface area contributed by atoms with E-state index in [1.807, 2.05) is 19.2 Å². The van der Waals surface area contributed by atoms with Crippen LogP contribution in [0.25, 0.3) is 0 Å². The van der Waals surface area contributed by atoms with Gasteiger partial charge in [0, 0.05) is 47.7 Å². The summed E-state index contributed by atoms with van der Waals surface area (Å²) in [5, 5.41) is 34.6. The number of hydrogen-bond acceptors (Lipinski definition) is 7. The maximum atomic E-state index is 12.9. The number of allylic oxidation sites excluding steroid dienone is 2. The first-order valence-corrected chi connectivity index (χ1v) is 13.5. The molecule has 7 nitrogen and oxygen atoms in total. The van der Waals surface area contributed by atoms with Crippen molar-refractivity contribution < 1.29 is 24.9 Å². The van der Waals surface area contributed by atoms with E-state index in [0.717, 1.165) is 27.7 Å². The molecule has 7 atom stereocenters. The number of ether oxygens (including phenoxy) is 1. The minimum absolute atomic E-state index is 0.0544. The molecule has 10 heteroatoms. The van der Waals surface area contributed by atoms with E-state index in [9.17, 15) is 20.1 Å². The van der Waals surface area contributed by atoms with E-state index in [-0.39, 0.29) is 21.9 Å². The number of aliphatic imine (C=N–C) groups is 1. The predicted octanol–water partition coefficient (Wildman–Crippen LogP) is 3.19. The molecule has 1 aromatic rings. The van der Waals surface area contributed by atoms with Gasteiger partial charge in [0.05, 0.1) is 33.3 Å². The third kappa shape index (κ3) is 4.59. The van der Waals surface area contributed by atoms with Gasteiger partial charge in [0.1, 0.15) is 11.5 Å². The normalized spacial score (nSPS) is 32.9. The molecule has 1 aromatic carbocycles. The summed E-state index contributed by atoms with van der Waals surface area (Å²) >= 11 is 10.5. The van der Waals surface area contributed by atoms with Crippen molar-refractivity contribution in [3.05, 3.63) is 38.0 Å². The summed E-state index contributed by atoms with van der Waals surface area (Å²) < 4.78 is 7.67. The highest BCUT2D eigenvalue weighted by molar-refractivity contribution is 9.11. The second-order valence-corrected chi connectivity index (χ2v) is 11.5. The standard InChI is InChI=1S/C23H27Br3N2O5/c1-27-5-3-10-7-12(24)23(13(25)8-10)33-6-2-4-28-9-11-19(29)14-15(20(11)30)17-21(31)16(14)18(26)22(17)32/h7-9,14-18,21-22,27,30-32H,2-6H2,1H3/t14-,15+,16+,17+,18-,21?,22+/m0/s1.